The summed E-state index contributed by atoms with van der Waals surface area (Å²) >= 11 is 5.87. The predicted molar refractivity (Wildman–Crippen MR) is 108 cm³/mol. The maximum Gasteiger partial charge on any atom is 0.270 e. The van der Waals surface area contributed by atoms with Crippen LogP contribution in [-0.4, -0.2) is 22.4 Å². The van der Waals surface area contributed by atoms with E-state index in [-0.39, 0.29) is 5.91 Å². The summed E-state index contributed by atoms with van der Waals surface area (Å²) in [5, 5.41) is 6.73. The van der Waals surface area contributed by atoms with Crippen molar-refractivity contribution in [2.24, 2.45) is 0 Å². The number of amides is 1. The maximum atomic E-state index is 12.4. The van der Waals surface area contributed by atoms with Crippen LogP contribution in [-0.2, 0) is 13.0 Å². The number of nitrogens with zero attached hydrogens (tertiary/aromatic N) is 2. The molecule has 0 aliphatic carbocycles. The van der Waals surface area contributed by atoms with Crippen LogP contribution in [0.3, 0.4) is 0 Å². The summed E-state index contributed by atoms with van der Waals surface area (Å²) in [6.45, 7) is 2.95. The summed E-state index contributed by atoms with van der Waals surface area (Å²) < 4.78 is 0. The van der Waals surface area contributed by atoms with E-state index < -0.39 is 0 Å². The van der Waals surface area contributed by atoms with E-state index >= 15 is 0 Å². The maximum absolute atomic E-state index is 12.4. The van der Waals surface area contributed by atoms with Crippen LogP contribution in [0, 0.1) is 6.92 Å². The lowest BCUT2D eigenvalue weighted by molar-refractivity contribution is 0.0945. The zero-order chi connectivity index (χ0) is 19.1. The normalized spacial score (nSPS) is 10.4. The first-order valence-corrected chi connectivity index (χ1v) is 9.14. The zero-order valence-electron chi connectivity index (χ0n) is 15.1. The van der Waals surface area contributed by atoms with Gasteiger partial charge in [0.25, 0.3) is 5.91 Å². The Hall–Kier alpha value is -2.92. The first kappa shape index (κ1) is 18.9. The van der Waals surface area contributed by atoms with Gasteiger partial charge >= 0.3 is 0 Å². The van der Waals surface area contributed by atoms with Crippen molar-refractivity contribution >= 4 is 23.5 Å². The molecule has 3 aromatic rings. The molecule has 0 fully saturated rings. The molecule has 0 saturated carbocycles. The van der Waals surface area contributed by atoms with E-state index in [0.717, 1.165) is 17.7 Å². The average Bonchev–Trinajstić information content (AvgIpc) is 2.68. The standard InChI is InChI=1S/C21H21ClN4O/c1-15-13-19(20(27)24-14-17-7-9-18(22)10-8-17)26-21(25-15)23-12-11-16-5-3-2-4-6-16/h2-10,13H,11-12,14H2,1H3,(H,24,27)(H,23,25,26). The summed E-state index contributed by atoms with van der Waals surface area (Å²) in [6.07, 6.45) is 0.857. The van der Waals surface area contributed by atoms with Gasteiger partial charge in [0.15, 0.2) is 0 Å². The highest BCUT2D eigenvalue weighted by atomic mass is 35.5. The Morgan fingerprint density at radius 2 is 1.74 bits per heavy atom. The lowest BCUT2D eigenvalue weighted by Gasteiger charge is -2.09. The number of benzene rings is 2. The van der Waals surface area contributed by atoms with Crippen LogP contribution < -0.4 is 10.6 Å². The van der Waals surface area contributed by atoms with Gasteiger partial charge < -0.3 is 10.6 Å². The molecule has 6 heteroatoms. The second-order valence-electron chi connectivity index (χ2n) is 6.19. The second kappa shape index (κ2) is 9.14. The Kier molecular flexibility index (Phi) is 6.39. The lowest BCUT2D eigenvalue weighted by atomic mass is 10.1. The molecule has 0 radical (unpaired) electrons. The van der Waals surface area contributed by atoms with Crippen molar-refractivity contribution in [3.8, 4) is 0 Å². The summed E-state index contributed by atoms with van der Waals surface area (Å²) in [5.74, 6) is 0.226. The molecular formula is C21H21ClN4O. The monoisotopic (exact) mass is 380 g/mol. The van der Waals surface area contributed by atoms with Gasteiger partial charge in [-0.3, -0.25) is 4.79 Å². The van der Waals surface area contributed by atoms with Gasteiger partial charge in [-0.15, -0.1) is 0 Å². The molecule has 5 nitrogen and oxygen atoms in total. The van der Waals surface area contributed by atoms with Crippen molar-refractivity contribution in [1.29, 1.82) is 0 Å². The summed E-state index contributed by atoms with van der Waals surface area (Å²) in [4.78, 5) is 21.1. The predicted octanol–water partition coefficient (Wildman–Crippen LogP) is 4.02. The van der Waals surface area contributed by atoms with Crippen LogP contribution in [0.5, 0.6) is 0 Å². The zero-order valence-corrected chi connectivity index (χ0v) is 15.8. The number of rotatable bonds is 7. The molecule has 1 heterocycles. The highest BCUT2D eigenvalue weighted by molar-refractivity contribution is 6.30. The highest BCUT2D eigenvalue weighted by Crippen LogP contribution is 2.10. The summed E-state index contributed by atoms with van der Waals surface area (Å²) in [5.41, 5.74) is 3.29. The molecule has 138 valence electrons. The van der Waals surface area contributed by atoms with Gasteiger partial charge in [-0.05, 0) is 42.7 Å². The molecule has 0 aliphatic heterocycles. The minimum atomic E-state index is -0.235. The molecule has 0 bridgehead atoms. The fourth-order valence-electron chi connectivity index (χ4n) is 2.60. The third kappa shape index (κ3) is 5.79. The van der Waals surface area contributed by atoms with E-state index in [9.17, 15) is 4.79 Å². The van der Waals surface area contributed by atoms with Crippen molar-refractivity contribution < 1.29 is 4.79 Å². The smallest absolute Gasteiger partial charge is 0.270 e. The van der Waals surface area contributed by atoms with E-state index in [1.165, 1.54) is 5.56 Å². The number of carbonyl (C=O) groups excluding carboxylic acids is 1. The van der Waals surface area contributed by atoms with Gasteiger partial charge in [-0.25, -0.2) is 9.97 Å². The van der Waals surface area contributed by atoms with Crippen LogP contribution in [0.2, 0.25) is 5.02 Å². The third-order valence-electron chi connectivity index (χ3n) is 3.99. The number of carbonyl (C=O) groups is 1. The molecule has 0 unspecified atom stereocenters. The number of aromatic nitrogens is 2. The van der Waals surface area contributed by atoms with Crippen molar-refractivity contribution in [2.75, 3.05) is 11.9 Å². The topological polar surface area (TPSA) is 66.9 Å². The Bertz CT molecular complexity index is 898. The molecule has 3 rings (SSSR count). The van der Waals surface area contributed by atoms with E-state index in [2.05, 4.69) is 32.7 Å². The summed E-state index contributed by atoms with van der Waals surface area (Å²) in [7, 11) is 0. The van der Waals surface area contributed by atoms with Crippen LogP contribution >= 0.6 is 11.6 Å². The van der Waals surface area contributed by atoms with Gasteiger partial charge in [-0.1, -0.05) is 54.1 Å². The number of anilines is 1. The Labute approximate surface area is 163 Å². The minimum Gasteiger partial charge on any atom is -0.354 e. The van der Waals surface area contributed by atoms with Gasteiger partial charge in [-0.2, -0.15) is 0 Å². The lowest BCUT2D eigenvalue weighted by Crippen LogP contribution is -2.24. The Morgan fingerprint density at radius 3 is 2.48 bits per heavy atom. The Morgan fingerprint density at radius 1 is 1.00 bits per heavy atom. The number of aryl methyl sites for hydroxylation is 1. The van der Waals surface area contributed by atoms with Gasteiger partial charge in [0, 0.05) is 23.8 Å². The fourth-order valence-corrected chi connectivity index (χ4v) is 2.73. The average molecular weight is 381 g/mol. The summed E-state index contributed by atoms with van der Waals surface area (Å²) in [6, 6.07) is 19.2. The first-order valence-electron chi connectivity index (χ1n) is 8.76. The molecule has 0 atom stereocenters. The van der Waals surface area contributed by atoms with Gasteiger partial charge in [0.2, 0.25) is 5.95 Å². The van der Waals surface area contributed by atoms with Crippen LogP contribution in [0.25, 0.3) is 0 Å². The molecule has 2 N–H and O–H groups in total. The van der Waals surface area contributed by atoms with Crippen molar-refractivity contribution in [3.05, 3.63) is 88.2 Å². The van der Waals surface area contributed by atoms with E-state index in [1.807, 2.05) is 37.3 Å². The second-order valence-corrected chi connectivity index (χ2v) is 6.63. The largest absolute Gasteiger partial charge is 0.354 e. The van der Waals surface area contributed by atoms with E-state index in [1.54, 1.807) is 18.2 Å². The highest BCUT2D eigenvalue weighted by Gasteiger charge is 2.10. The van der Waals surface area contributed by atoms with Crippen LogP contribution in [0.15, 0.2) is 60.7 Å². The number of halogens is 1. The SMILES string of the molecule is Cc1cc(C(=O)NCc2ccc(Cl)cc2)nc(NCCc2ccccc2)n1. The molecule has 0 spiro atoms. The van der Waals surface area contributed by atoms with E-state index in [0.29, 0.717) is 29.8 Å². The molecule has 27 heavy (non-hydrogen) atoms. The van der Waals surface area contributed by atoms with Crippen molar-refractivity contribution in [3.63, 3.8) is 0 Å². The molecule has 1 aromatic heterocycles. The van der Waals surface area contributed by atoms with Gasteiger partial charge in [0.1, 0.15) is 5.69 Å². The number of hydrogen-bond donors (Lipinski definition) is 2. The van der Waals surface area contributed by atoms with Crippen LogP contribution in [0.4, 0.5) is 5.95 Å². The molecule has 1 amide bonds. The molecule has 0 saturated heterocycles. The third-order valence-corrected chi connectivity index (χ3v) is 4.24. The number of nitrogens with one attached hydrogen (secondary N) is 2. The first-order chi connectivity index (χ1) is 13.1. The minimum absolute atomic E-state index is 0.235. The molecular weight excluding hydrogens is 360 g/mol. The fraction of sp³-hybridized carbons (Fsp3) is 0.190. The van der Waals surface area contributed by atoms with E-state index in [4.69, 9.17) is 11.6 Å². The Balaban J connectivity index is 1.58. The number of hydrogen-bond acceptors (Lipinski definition) is 4. The molecule has 2 aromatic carbocycles. The van der Waals surface area contributed by atoms with Crippen molar-refractivity contribution in [2.45, 2.75) is 19.9 Å². The van der Waals surface area contributed by atoms with Gasteiger partial charge in [0.05, 0.1) is 0 Å². The van der Waals surface area contributed by atoms with Crippen LogP contribution in [0.1, 0.15) is 27.3 Å². The van der Waals surface area contributed by atoms with Crippen molar-refractivity contribution in [1.82, 2.24) is 15.3 Å². The quantitative estimate of drug-likeness (QED) is 0.649. The molecule has 0 aliphatic rings.